The van der Waals surface area contributed by atoms with Crippen LogP contribution in [-0.2, 0) is 6.42 Å². The van der Waals surface area contributed by atoms with Crippen molar-refractivity contribution in [2.75, 3.05) is 26.1 Å². The molecule has 0 amide bonds. The Balaban J connectivity index is 1.85. The molecule has 0 saturated heterocycles. The minimum absolute atomic E-state index is 0.740. The largest absolute Gasteiger partial charge is 0.496 e. The van der Waals surface area contributed by atoms with E-state index in [0.717, 1.165) is 42.0 Å². The van der Waals surface area contributed by atoms with Crippen molar-refractivity contribution < 1.29 is 9.47 Å². The molecule has 1 atom stereocenters. The summed E-state index contributed by atoms with van der Waals surface area (Å²) in [6.45, 7) is 1.07. The van der Waals surface area contributed by atoms with E-state index in [9.17, 15) is 0 Å². The van der Waals surface area contributed by atoms with Gasteiger partial charge in [-0.15, -0.1) is 0 Å². The molecule has 3 rings (SSSR count). The quantitative estimate of drug-likeness (QED) is 0.908. The van der Waals surface area contributed by atoms with Crippen LogP contribution in [0.5, 0.6) is 11.5 Å². The number of benzene rings is 1. The lowest BCUT2D eigenvalue weighted by molar-refractivity contribution is 0.250. The van der Waals surface area contributed by atoms with E-state index in [2.05, 4.69) is 5.32 Å². The summed E-state index contributed by atoms with van der Waals surface area (Å²) in [5.41, 5.74) is 2.44. The van der Waals surface area contributed by atoms with Gasteiger partial charge in [0.15, 0.2) is 0 Å². The fraction of sp³-hybridized carbons (Fsp3) is 0.647. The first kappa shape index (κ1) is 13.6. The third-order valence-electron chi connectivity index (χ3n) is 5.00. The molecule has 3 heteroatoms. The summed E-state index contributed by atoms with van der Waals surface area (Å²) in [7, 11) is 3.49. The predicted molar refractivity (Wildman–Crippen MR) is 81.8 cm³/mol. The first-order valence-corrected chi connectivity index (χ1v) is 7.81. The maximum Gasteiger partial charge on any atom is 0.142 e. The van der Waals surface area contributed by atoms with E-state index in [1.165, 1.54) is 37.7 Å². The molecule has 20 heavy (non-hydrogen) atoms. The van der Waals surface area contributed by atoms with Gasteiger partial charge in [-0.2, -0.15) is 0 Å². The maximum absolute atomic E-state index is 5.55. The Labute approximate surface area is 121 Å². The molecule has 1 aromatic carbocycles. The molecule has 0 radical (unpaired) electrons. The number of ether oxygens (including phenoxy) is 2. The molecule has 3 nitrogen and oxygen atoms in total. The molecule has 1 aromatic rings. The lowest BCUT2D eigenvalue weighted by atomic mass is 9.76. The van der Waals surface area contributed by atoms with Gasteiger partial charge in [-0.1, -0.05) is 32.1 Å². The molecule has 1 heterocycles. The molecule has 1 aliphatic heterocycles. The number of methoxy groups -OCH3 is 2. The van der Waals surface area contributed by atoms with Gasteiger partial charge in [0.25, 0.3) is 0 Å². The zero-order valence-electron chi connectivity index (χ0n) is 12.6. The highest BCUT2D eigenvalue weighted by molar-refractivity contribution is 5.68. The van der Waals surface area contributed by atoms with E-state index < -0.39 is 0 Å². The Morgan fingerprint density at radius 2 is 1.65 bits per heavy atom. The van der Waals surface area contributed by atoms with Gasteiger partial charge in [-0.3, -0.25) is 0 Å². The number of fused-ring (bicyclic) bond motifs is 1. The zero-order valence-corrected chi connectivity index (χ0v) is 12.6. The Hall–Kier alpha value is -1.38. The van der Waals surface area contributed by atoms with Crippen LogP contribution in [0.1, 0.15) is 37.7 Å². The van der Waals surface area contributed by atoms with Gasteiger partial charge in [0.05, 0.1) is 19.9 Å². The lowest BCUT2D eigenvalue weighted by Crippen LogP contribution is -2.31. The second-order valence-corrected chi connectivity index (χ2v) is 6.07. The highest BCUT2D eigenvalue weighted by atomic mass is 16.5. The van der Waals surface area contributed by atoms with Crippen LogP contribution in [-0.4, -0.2) is 20.8 Å². The van der Waals surface area contributed by atoms with Crippen molar-refractivity contribution in [2.45, 2.75) is 38.5 Å². The van der Waals surface area contributed by atoms with Crippen molar-refractivity contribution >= 4 is 5.69 Å². The van der Waals surface area contributed by atoms with Crippen LogP contribution < -0.4 is 14.8 Å². The third kappa shape index (κ3) is 2.46. The van der Waals surface area contributed by atoms with Crippen LogP contribution >= 0.6 is 0 Å². The summed E-state index contributed by atoms with van der Waals surface area (Å²) in [5, 5.41) is 3.60. The topological polar surface area (TPSA) is 30.5 Å². The summed E-state index contributed by atoms with van der Waals surface area (Å²) in [5.74, 6) is 3.54. The van der Waals surface area contributed by atoms with Gasteiger partial charge in [-0.05, 0) is 30.4 Å². The average Bonchev–Trinajstić information content (AvgIpc) is 2.54. The van der Waals surface area contributed by atoms with E-state index in [-0.39, 0.29) is 0 Å². The van der Waals surface area contributed by atoms with E-state index in [0.29, 0.717) is 0 Å². The Morgan fingerprint density at radius 1 is 0.950 bits per heavy atom. The standard InChI is InChI=1S/C17H25NO2/c1-19-15-8-9-16(20-2)17-14(15)10-13(11-18-17)12-6-4-3-5-7-12/h8-9,12-13,18H,3-7,10-11H2,1-2H3. The molecule has 1 unspecified atom stereocenters. The number of nitrogens with one attached hydrogen (secondary N) is 1. The molecular weight excluding hydrogens is 250 g/mol. The summed E-state index contributed by atoms with van der Waals surface area (Å²) in [4.78, 5) is 0. The molecule has 1 fully saturated rings. The molecule has 110 valence electrons. The monoisotopic (exact) mass is 275 g/mol. The summed E-state index contributed by atoms with van der Waals surface area (Å²) in [6.07, 6.45) is 8.15. The Kier molecular flexibility index (Phi) is 4.04. The molecule has 2 aliphatic rings. The second-order valence-electron chi connectivity index (χ2n) is 6.07. The smallest absolute Gasteiger partial charge is 0.142 e. The number of hydrogen-bond donors (Lipinski definition) is 1. The van der Waals surface area contributed by atoms with Crippen LogP contribution in [0.15, 0.2) is 12.1 Å². The third-order valence-corrected chi connectivity index (χ3v) is 5.00. The van der Waals surface area contributed by atoms with Crippen molar-refractivity contribution in [1.29, 1.82) is 0 Å². The van der Waals surface area contributed by atoms with Crippen LogP contribution in [0.2, 0.25) is 0 Å². The first-order valence-electron chi connectivity index (χ1n) is 7.81. The van der Waals surface area contributed by atoms with Gasteiger partial charge in [-0.25, -0.2) is 0 Å². The molecular formula is C17H25NO2. The zero-order chi connectivity index (χ0) is 13.9. The molecule has 0 aromatic heterocycles. The Morgan fingerprint density at radius 3 is 2.35 bits per heavy atom. The number of hydrogen-bond acceptors (Lipinski definition) is 3. The van der Waals surface area contributed by atoms with Crippen molar-refractivity contribution in [2.24, 2.45) is 11.8 Å². The molecule has 0 bridgehead atoms. The average molecular weight is 275 g/mol. The van der Waals surface area contributed by atoms with Gasteiger partial charge >= 0.3 is 0 Å². The fourth-order valence-corrected chi connectivity index (χ4v) is 3.87. The maximum atomic E-state index is 5.55. The van der Waals surface area contributed by atoms with Crippen molar-refractivity contribution in [3.05, 3.63) is 17.7 Å². The van der Waals surface area contributed by atoms with Crippen molar-refractivity contribution in [1.82, 2.24) is 0 Å². The van der Waals surface area contributed by atoms with Crippen molar-refractivity contribution in [3.8, 4) is 11.5 Å². The van der Waals surface area contributed by atoms with E-state index in [4.69, 9.17) is 9.47 Å². The van der Waals surface area contributed by atoms with Crippen LogP contribution in [0.4, 0.5) is 5.69 Å². The highest BCUT2D eigenvalue weighted by Crippen LogP contribution is 2.43. The van der Waals surface area contributed by atoms with E-state index in [1.54, 1.807) is 14.2 Å². The summed E-state index contributed by atoms with van der Waals surface area (Å²) in [6, 6.07) is 4.02. The normalized spacial score (nSPS) is 22.8. The highest BCUT2D eigenvalue weighted by Gasteiger charge is 2.30. The van der Waals surface area contributed by atoms with E-state index in [1.807, 2.05) is 12.1 Å². The molecule has 1 N–H and O–H groups in total. The lowest BCUT2D eigenvalue weighted by Gasteiger charge is -2.35. The fourth-order valence-electron chi connectivity index (χ4n) is 3.87. The Bertz CT molecular complexity index is 466. The minimum atomic E-state index is 0.740. The predicted octanol–water partition coefficient (Wildman–Crippen LogP) is 3.87. The number of anilines is 1. The summed E-state index contributed by atoms with van der Waals surface area (Å²) < 4.78 is 11.0. The van der Waals surface area contributed by atoms with Crippen molar-refractivity contribution in [3.63, 3.8) is 0 Å². The molecule has 1 saturated carbocycles. The van der Waals surface area contributed by atoms with Gasteiger partial charge in [0, 0.05) is 12.1 Å². The summed E-state index contributed by atoms with van der Waals surface area (Å²) >= 11 is 0. The van der Waals surface area contributed by atoms with Gasteiger partial charge in [0.1, 0.15) is 11.5 Å². The van der Waals surface area contributed by atoms with E-state index >= 15 is 0 Å². The first-order chi connectivity index (χ1) is 9.83. The SMILES string of the molecule is COc1ccc(OC)c2c1CC(C1CCCCC1)CN2. The van der Waals surface area contributed by atoms with Crippen LogP contribution in [0.3, 0.4) is 0 Å². The second kappa shape index (κ2) is 5.94. The molecule has 0 spiro atoms. The van der Waals surface area contributed by atoms with Crippen LogP contribution in [0, 0.1) is 11.8 Å². The van der Waals surface area contributed by atoms with Gasteiger partial charge in [0.2, 0.25) is 0 Å². The minimum Gasteiger partial charge on any atom is -0.496 e. The molecule has 1 aliphatic carbocycles. The van der Waals surface area contributed by atoms with Crippen LogP contribution in [0.25, 0.3) is 0 Å². The number of rotatable bonds is 3. The van der Waals surface area contributed by atoms with Gasteiger partial charge < -0.3 is 14.8 Å².